The molecule has 2 aliphatic carbocycles. The number of nitriles is 1. The van der Waals surface area contributed by atoms with Crippen molar-refractivity contribution < 1.29 is 36.2 Å². The van der Waals surface area contributed by atoms with Crippen LogP contribution in [0.15, 0.2) is 29.3 Å². The van der Waals surface area contributed by atoms with Gasteiger partial charge in [-0.3, -0.25) is 4.79 Å². The number of aromatic nitrogens is 3. The second kappa shape index (κ2) is 9.45. The molecule has 10 nitrogen and oxygen atoms in total. The molecule has 2 fully saturated rings. The van der Waals surface area contributed by atoms with Crippen LogP contribution >= 0.6 is 0 Å². The van der Waals surface area contributed by atoms with Crippen molar-refractivity contribution in [2.45, 2.75) is 60.1 Å². The third-order valence-corrected chi connectivity index (χ3v) is 8.85. The van der Waals surface area contributed by atoms with E-state index in [4.69, 9.17) is 9.84 Å². The zero-order valence-electron chi connectivity index (χ0n) is 19.2. The number of halogens is 3. The first-order valence-electron chi connectivity index (χ1n) is 11.2. The van der Waals surface area contributed by atoms with Gasteiger partial charge in [0.15, 0.2) is 9.84 Å². The average molecular weight is 528 g/mol. The molecule has 1 aromatic carbocycles. The Labute approximate surface area is 205 Å². The SMILES string of the molecule is COC1CC(S(=O)(=O)c2ccc(-n3cc(CCO)nn3)cc2C(F)(F)F)CC1C(=O)NC1(C#N)CC1. The highest BCUT2D eigenvalue weighted by molar-refractivity contribution is 7.92. The molecule has 1 aromatic heterocycles. The molecule has 2 N–H and O–H groups in total. The lowest BCUT2D eigenvalue weighted by molar-refractivity contribution is -0.140. The fourth-order valence-corrected chi connectivity index (χ4v) is 6.43. The molecule has 0 bridgehead atoms. The normalized spacial score (nSPS) is 23.3. The Balaban J connectivity index is 1.64. The second-order valence-corrected chi connectivity index (χ2v) is 11.2. The van der Waals surface area contributed by atoms with Crippen molar-refractivity contribution in [1.82, 2.24) is 20.3 Å². The Morgan fingerprint density at radius 1 is 1.36 bits per heavy atom. The maximum atomic E-state index is 14.0. The molecule has 2 aromatic rings. The smallest absolute Gasteiger partial charge is 0.396 e. The molecule has 14 heteroatoms. The number of aliphatic hydroxyl groups is 1. The molecule has 194 valence electrons. The first-order valence-corrected chi connectivity index (χ1v) is 12.7. The zero-order valence-corrected chi connectivity index (χ0v) is 20.0. The zero-order chi connectivity index (χ0) is 26.3. The number of hydrogen-bond donors (Lipinski definition) is 2. The third-order valence-electron chi connectivity index (χ3n) is 6.61. The van der Waals surface area contributed by atoms with Gasteiger partial charge in [-0.1, -0.05) is 5.21 Å². The highest BCUT2D eigenvalue weighted by atomic mass is 32.2. The quantitative estimate of drug-likeness (QED) is 0.526. The number of benzene rings is 1. The first-order chi connectivity index (χ1) is 16.9. The summed E-state index contributed by atoms with van der Waals surface area (Å²) in [7, 11) is -3.22. The molecule has 2 aliphatic rings. The van der Waals surface area contributed by atoms with Crippen LogP contribution in [-0.4, -0.2) is 65.0 Å². The van der Waals surface area contributed by atoms with E-state index in [2.05, 4.69) is 15.6 Å². The van der Waals surface area contributed by atoms with Crippen LogP contribution < -0.4 is 5.32 Å². The fraction of sp³-hybridized carbons (Fsp3) is 0.545. The largest absolute Gasteiger partial charge is 0.417 e. The minimum Gasteiger partial charge on any atom is -0.396 e. The van der Waals surface area contributed by atoms with Crippen LogP contribution in [-0.2, 0) is 32.0 Å². The molecule has 4 rings (SSSR count). The van der Waals surface area contributed by atoms with E-state index in [1.54, 1.807) is 0 Å². The van der Waals surface area contributed by atoms with Crippen LogP contribution in [0.25, 0.3) is 5.69 Å². The lowest BCUT2D eigenvalue weighted by atomic mass is 10.0. The Kier molecular flexibility index (Phi) is 6.84. The maximum Gasteiger partial charge on any atom is 0.417 e. The van der Waals surface area contributed by atoms with Gasteiger partial charge >= 0.3 is 6.18 Å². The molecule has 2 saturated carbocycles. The number of ether oxygens (including phenoxy) is 1. The summed E-state index contributed by atoms with van der Waals surface area (Å²) < 4.78 is 75.2. The summed E-state index contributed by atoms with van der Waals surface area (Å²) in [5, 5.41) is 27.1. The molecule has 0 aliphatic heterocycles. The first kappa shape index (κ1) is 26.1. The number of carbonyl (C=O) groups excluding carboxylic acids is 1. The Hall–Kier alpha value is -3.02. The monoisotopic (exact) mass is 527 g/mol. The highest BCUT2D eigenvalue weighted by Crippen LogP contribution is 2.42. The molecular weight excluding hydrogens is 503 g/mol. The number of alkyl halides is 3. The van der Waals surface area contributed by atoms with Crippen molar-refractivity contribution in [2.75, 3.05) is 13.7 Å². The molecule has 3 atom stereocenters. The fourth-order valence-electron chi connectivity index (χ4n) is 4.43. The number of rotatable bonds is 8. The van der Waals surface area contributed by atoms with Gasteiger partial charge in [-0.25, -0.2) is 13.1 Å². The lowest BCUT2D eigenvalue weighted by Gasteiger charge is -2.19. The summed E-state index contributed by atoms with van der Waals surface area (Å²) in [5.74, 6) is -1.47. The molecule has 0 spiro atoms. The molecule has 0 saturated heterocycles. The van der Waals surface area contributed by atoms with E-state index in [0.29, 0.717) is 24.6 Å². The molecule has 36 heavy (non-hydrogen) atoms. The van der Waals surface area contributed by atoms with Gasteiger partial charge in [0.2, 0.25) is 5.91 Å². The summed E-state index contributed by atoms with van der Waals surface area (Å²) in [4.78, 5) is 11.9. The number of nitrogens with zero attached hydrogens (tertiary/aromatic N) is 4. The number of amides is 1. The van der Waals surface area contributed by atoms with Crippen LogP contribution in [0, 0.1) is 17.2 Å². The van der Waals surface area contributed by atoms with E-state index in [1.165, 1.54) is 19.4 Å². The number of carbonyl (C=O) groups is 1. The maximum absolute atomic E-state index is 14.0. The van der Waals surface area contributed by atoms with Crippen molar-refractivity contribution in [2.24, 2.45) is 5.92 Å². The topological polar surface area (TPSA) is 147 Å². The summed E-state index contributed by atoms with van der Waals surface area (Å²) in [6.07, 6.45) is -3.75. The van der Waals surface area contributed by atoms with Gasteiger partial charge in [-0.05, 0) is 43.9 Å². The van der Waals surface area contributed by atoms with Gasteiger partial charge in [0, 0.05) is 20.1 Å². The van der Waals surface area contributed by atoms with E-state index in [0.717, 1.165) is 10.7 Å². The van der Waals surface area contributed by atoms with Crippen molar-refractivity contribution in [3.05, 3.63) is 35.7 Å². The van der Waals surface area contributed by atoms with E-state index in [-0.39, 0.29) is 31.6 Å². The molecule has 1 heterocycles. The van der Waals surface area contributed by atoms with Gasteiger partial charge in [-0.2, -0.15) is 18.4 Å². The van der Waals surface area contributed by atoms with E-state index in [1.807, 2.05) is 6.07 Å². The standard InChI is InChI=1S/C22H24F3N5O5S/c1-35-18-10-15(9-16(18)20(32)27-21(12-26)5-6-21)36(33,34)19-3-2-14(8-17(19)22(23,24)25)30-11-13(4-7-31)28-29-30/h2-3,8,11,15-16,18,31H,4-7,9-10H2,1H3,(H,27,32). The summed E-state index contributed by atoms with van der Waals surface area (Å²) >= 11 is 0. The molecule has 3 unspecified atom stereocenters. The van der Waals surface area contributed by atoms with Crippen molar-refractivity contribution >= 4 is 15.7 Å². The van der Waals surface area contributed by atoms with E-state index in [9.17, 15) is 31.6 Å². The van der Waals surface area contributed by atoms with Crippen LogP contribution in [0.1, 0.15) is 36.9 Å². The number of nitrogens with one attached hydrogen (secondary N) is 1. The minimum absolute atomic E-state index is 0.0531. The van der Waals surface area contributed by atoms with Gasteiger partial charge in [0.25, 0.3) is 0 Å². The molecule has 1 amide bonds. The number of methoxy groups -OCH3 is 1. The lowest BCUT2D eigenvalue weighted by Crippen LogP contribution is -2.42. The minimum atomic E-state index is -4.99. The number of aliphatic hydroxyl groups excluding tert-OH is 1. The van der Waals surface area contributed by atoms with Crippen molar-refractivity contribution in [3.63, 3.8) is 0 Å². The van der Waals surface area contributed by atoms with E-state index < -0.39 is 55.2 Å². The Morgan fingerprint density at radius 3 is 2.67 bits per heavy atom. The summed E-state index contributed by atoms with van der Waals surface area (Å²) in [6, 6.07) is 4.77. The highest BCUT2D eigenvalue weighted by Gasteiger charge is 2.51. The Morgan fingerprint density at radius 2 is 2.08 bits per heavy atom. The third kappa shape index (κ3) is 4.95. The van der Waals surface area contributed by atoms with Gasteiger partial charge in [-0.15, -0.1) is 5.10 Å². The van der Waals surface area contributed by atoms with Gasteiger partial charge in [0.05, 0.1) is 51.4 Å². The Bertz CT molecular complexity index is 1300. The predicted octanol–water partition coefficient (Wildman–Crippen LogP) is 1.56. The number of sulfone groups is 1. The van der Waals surface area contributed by atoms with Gasteiger partial charge < -0.3 is 15.2 Å². The average Bonchev–Trinajstić information content (AvgIpc) is 3.23. The van der Waals surface area contributed by atoms with Crippen LogP contribution in [0.3, 0.4) is 0 Å². The van der Waals surface area contributed by atoms with Crippen molar-refractivity contribution in [1.29, 1.82) is 5.26 Å². The van der Waals surface area contributed by atoms with Crippen LogP contribution in [0.5, 0.6) is 0 Å². The molecular formula is C22H24F3N5O5S. The predicted molar refractivity (Wildman–Crippen MR) is 117 cm³/mol. The van der Waals surface area contributed by atoms with Crippen LogP contribution in [0.2, 0.25) is 0 Å². The number of hydrogen-bond acceptors (Lipinski definition) is 8. The van der Waals surface area contributed by atoms with E-state index >= 15 is 0 Å². The summed E-state index contributed by atoms with van der Waals surface area (Å²) in [6.45, 7) is -0.218. The van der Waals surface area contributed by atoms with Crippen LogP contribution in [0.4, 0.5) is 13.2 Å². The van der Waals surface area contributed by atoms with Crippen molar-refractivity contribution in [3.8, 4) is 11.8 Å². The second-order valence-electron chi connectivity index (χ2n) is 9.01. The summed E-state index contributed by atoms with van der Waals surface area (Å²) in [5.41, 5.74) is -2.03. The molecule has 0 radical (unpaired) electrons. The van der Waals surface area contributed by atoms with Gasteiger partial charge in [0.1, 0.15) is 5.54 Å².